The number of fused-ring (bicyclic) bond motifs is 1. The van der Waals surface area contributed by atoms with Crippen molar-refractivity contribution < 1.29 is 23.5 Å². The molecule has 2 heterocycles. The van der Waals surface area contributed by atoms with Crippen LogP contribution >= 0.6 is 0 Å². The summed E-state index contributed by atoms with van der Waals surface area (Å²) in [5, 5.41) is 6.79. The predicted octanol–water partition coefficient (Wildman–Crippen LogP) is 3.15. The topological polar surface area (TPSA) is 82.8 Å². The Labute approximate surface area is 155 Å². The zero-order chi connectivity index (χ0) is 18.6. The van der Waals surface area contributed by atoms with Crippen LogP contribution in [-0.2, 0) is 11.3 Å². The van der Waals surface area contributed by atoms with E-state index in [0.29, 0.717) is 28.7 Å². The van der Waals surface area contributed by atoms with Crippen molar-refractivity contribution in [3.05, 3.63) is 60.3 Å². The van der Waals surface area contributed by atoms with Gasteiger partial charge in [-0.25, -0.2) is 0 Å². The van der Waals surface area contributed by atoms with Crippen molar-refractivity contribution in [2.24, 2.45) is 0 Å². The molecule has 0 fully saturated rings. The molecule has 0 radical (unpaired) electrons. The van der Waals surface area contributed by atoms with Crippen LogP contribution in [0, 0.1) is 0 Å². The molecule has 1 N–H and O–H groups in total. The van der Waals surface area contributed by atoms with Crippen molar-refractivity contribution in [1.29, 1.82) is 0 Å². The number of nitrogens with zero attached hydrogens (tertiary/aromatic N) is 1. The minimum atomic E-state index is -0.618. The lowest BCUT2D eigenvalue weighted by Crippen LogP contribution is -2.35. The first kappa shape index (κ1) is 17.0. The highest BCUT2D eigenvalue weighted by molar-refractivity contribution is 5.80. The minimum absolute atomic E-state index is 0.218. The Hall–Kier alpha value is -3.48. The van der Waals surface area contributed by atoms with E-state index in [-0.39, 0.29) is 19.2 Å². The number of para-hydroxylation sites is 1. The van der Waals surface area contributed by atoms with E-state index < -0.39 is 6.10 Å². The molecular formula is C20H18N2O5. The summed E-state index contributed by atoms with van der Waals surface area (Å²) in [6, 6.07) is 16.5. The quantitative estimate of drug-likeness (QED) is 0.722. The molecule has 0 spiro atoms. The van der Waals surface area contributed by atoms with Crippen LogP contribution in [0.1, 0.15) is 12.6 Å². The Morgan fingerprint density at radius 3 is 2.81 bits per heavy atom. The summed E-state index contributed by atoms with van der Waals surface area (Å²) < 4.78 is 21.6. The molecule has 1 amide bonds. The number of amides is 1. The van der Waals surface area contributed by atoms with Gasteiger partial charge in [0.15, 0.2) is 23.4 Å². The maximum Gasteiger partial charge on any atom is 0.261 e. The average Bonchev–Trinajstić information content (AvgIpc) is 3.35. The summed E-state index contributed by atoms with van der Waals surface area (Å²) in [5.74, 6) is 2.38. The summed E-state index contributed by atoms with van der Waals surface area (Å²) in [5.41, 5.74) is 1.44. The first-order chi connectivity index (χ1) is 13.2. The molecule has 3 aromatic rings. The van der Waals surface area contributed by atoms with E-state index in [2.05, 4.69) is 10.5 Å². The van der Waals surface area contributed by atoms with Crippen molar-refractivity contribution in [3.63, 3.8) is 0 Å². The van der Waals surface area contributed by atoms with E-state index in [1.807, 2.05) is 36.4 Å². The fourth-order valence-electron chi connectivity index (χ4n) is 2.66. The zero-order valence-electron chi connectivity index (χ0n) is 14.7. The molecule has 138 valence electrons. The molecular weight excluding hydrogens is 348 g/mol. The van der Waals surface area contributed by atoms with Gasteiger partial charge in [-0.05, 0) is 37.3 Å². The van der Waals surface area contributed by atoms with Crippen molar-refractivity contribution in [3.8, 4) is 28.6 Å². The summed E-state index contributed by atoms with van der Waals surface area (Å²) in [4.78, 5) is 12.2. The molecule has 0 aliphatic carbocycles. The van der Waals surface area contributed by atoms with Crippen LogP contribution in [0.4, 0.5) is 0 Å². The Kier molecular flexibility index (Phi) is 4.65. The van der Waals surface area contributed by atoms with Crippen LogP contribution in [0.15, 0.2) is 59.1 Å². The number of benzene rings is 2. The highest BCUT2D eigenvalue weighted by Gasteiger charge is 2.17. The zero-order valence-corrected chi connectivity index (χ0v) is 14.7. The van der Waals surface area contributed by atoms with Crippen LogP contribution in [0.3, 0.4) is 0 Å². The van der Waals surface area contributed by atoms with Crippen molar-refractivity contribution >= 4 is 5.91 Å². The molecule has 0 saturated carbocycles. The SMILES string of the molecule is CC(Oc1ccccc1)C(=O)NCc1cc(-c2ccc3c(c2)OCO3)on1. The molecule has 0 saturated heterocycles. The van der Waals surface area contributed by atoms with Crippen LogP contribution in [0.2, 0.25) is 0 Å². The molecule has 1 aliphatic heterocycles. The van der Waals surface area contributed by atoms with Gasteiger partial charge in [-0.3, -0.25) is 4.79 Å². The van der Waals surface area contributed by atoms with E-state index >= 15 is 0 Å². The van der Waals surface area contributed by atoms with Crippen LogP contribution in [-0.4, -0.2) is 24.0 Å². The second-order valence-electron chi connectivity index (χ2n) is 6.04. The molecule has 4 rings (SSSR count). The lowest BCUT2D eigenvalue weighted by atomic mass is 10.1. The van der Waals surface area contributed by atoms with Gasteiger partial charge in [0.2, 0.25) is 6.79 Å². The number of nitrogens with one attached hydrogen (secondary N) is 1. The smallest absolute Gasteiger partial charge is 0.261 e. The van der Waals surface area contributed by atoms with Gasteiger partial charge in [0.1, 0.15) is 11.4 Å². The van der Waals surface area contributed by atoms with Crippen molar-refractivity contribution in [2.45, 2.75) is 19.6 Å². The summed E-state index contributed by atoms with van der Waals surface area (Å²) >= 11 is 0. The maximum atomic E-state index is 12.2. The molecule has 7 nitrogen and oxygen atoms in total. The molecule has 2 aromatic carbocycles. The highest BCUT2D eigenvalue weighted by atomic mass is 16.7. The molecule has 1 aliphatic rings. The van der Waals surface area contributed by atoms with E-state index in [1.54, 1.807) is 25.1 Å². The van der Waals surface area contributed by atoms with Gasteiger partial charge in [0.25, 0.3) is 5.91 Å². The highest BCUT2D eigenvalue weighted by Crippen LogP contribution is 2.35. The van der Waals surface area contributed by atoms with Gasteiger partial charge >= 0.3 is 0 Å². The third kappa shape index (κ3) is 3.87. The number of carbonyl (C=O) groups excluding carboxylic acids is 1. The Morgan fingerprint density at radius 1 is 1.15 bits per heavy atom. The molecule has 1 unspecified atom stereocenters. The van der Waals surface area contributed by atoms with Gasteiger partial charge in [-0.1, -0.05) is 23.4 Å². The predicted molar refractivity (Wildman–Crippen MR) is 96.4 cm³/mol. The number of aromatic nitrogens is 1. The fraction of sp³-hybridized carbons (Fsp3) is 0.200. The van der Waals surface area contributed by atoms with E-state index in [0.717, 1.165) is 5.56 Å². The minimum Gasteiger partial charge on any atom is -0.481 e. The largest absolute Gasteiger partial charge is 0.481 e. The third-order valence-electron chi connectivity index (χ3n) is 4.09. The maximum absolute atomic E-state index is 12.2. The second kappa shape index (κ2) is 7.41. The standard InChI is InChI=1S/C20H18N2O5/c1-13(26-16-5-3-2-4-6-16)20(23)21-11-15-10-18(27-22-15)14-7-8-17-19(9-14)25-12-24-17/h2-10,13H,11-12H2,1H3,(H,21,23). The molecule has 0 bridgehead atoms. The van der Waals surface area contributed by atoms with Gasteiger partial charge < -0.3 is 24.1 Å². The van der Waals surface area contributed by atoms with Crippen LogP contribution < -0.4 is 19.5 Å². The van der Waals surface area contributed by atoms with Gasteiger partial charge in [0, 0.05) is 11.6 Å². The average molecular weight is 366 g/mol. The van der Waals surface area contributed by atoms with Crippen molar-refractivity contribution in [2.75, 3.05) is 6.79 Å². The normalized spacial score (nSPS) is 13.2. The number of ether oxygens (including phenoxy) is 3. The monoisotopic (exact) mass is 366 g/mol. The van der Waals surface area contributed by atoms with Crippen molar-refractivity contribution in [1.82, 2.24) is 10.5 Å². The first-order valence-electron chi connectivity index (χ1n) is 8.54. The number of carbonyl (C=O) groups is 1. The fourth-order valence-corrected chi connectivity index (χ4v) is 2.66. The van der Waals surface area contributed by atoms with Gasteiger partial charge in [-0.15, -0.1) is 0 Å². The molecule has 7 heteroatoms. The molecule has 1 aromatic heterocycles. The lowest BCUT2D eigenvalue weighted by Gasteiger charge is -2.13. The molecule has 1 atom stereocenters. The van der Waals surface area contributed by atoms with E-state index in [4.69, 9.17) is 18.7 Å². The first-order valence-corrected chi connectivity index (χ1v) is 8.54. The summed E-state index contributed by atoms with van der Waals surface area (Å²) in [7, 11) is 0. The number of hydrogen-bond donors (Lipinski definition) is 1. The number of hydrogen-bond acceptors (Lipinski definition) is 6. The van der Waals surface area contributed by atoms with E-state index in [9.17, 15) is 4.79 Å². The van der Waals surface area contributed by atoms with Gasteiger partial charge in [-0.2, -0.15) is 0 Å². The Balaban J connectivity index is 1.35. The number of rotatable bonds is 6. The second-order valence-corrected chi connectivity index (χ2v) is 6.04. The summed E-state index contributed by atoms with van der Waals surface area (Å²) in [6.07, 6.45) is -0.618. The van der Waals surface area contributed by atoms with Gasteiger partial charge in [0.05, 0.1) is 6.54 Å². The van der Waals surface area contributed by atoms with E-state index in [1.165, 1.54) is 0 Å². The van der Waals surface area contributed by atoms with Crippen LogP contribution in [0.25, 0.3) is 11.3 Å². The lowest BCUT2D eigenvalue weighted by molar-refractivity contribution is -0.127. The van der Waals surface area contributed by atoms with Crippen LogP contribution in [0.5, 0.6) is 17.2 Å². The molecule has 27 heavy (non-hydrogen) atoms. The Morgan fingerprint density at radius 2 is 1.96 bits per heavy atom. The Bertz CT molecular complexity index is 939. The summed E-state index contributed by atoms with van der Waals surface area (Å²) in [6.45, 7) is 2.16. The third-order valence-corrected chi connectivity index (χ3v) is 4.09.